The summed E-state index contributed by atoms with van der Waals surface area (Å²) in [5.74, 6) is -0.213. The number of benzene rings is 1. The second kappa shape index (κ2) is 6.17. The van der Waals surface area contributed by atoms with E-state index in [1.165, 1.54) is 17.8 Å². The Morgan fingerprint density at radius 1 is 1.26 bits per heavy atom. The Hall–Kier alpha value is -1.39. The van der Waals surface area contributed by atoms with Crippen LogP contribution < -0.4 is 5.73 Å². The topological polar surface area (TPSA) is 38.9 Å². The van der Waals surface area contributed by atoms with E-state index < -0.39 is 0 Å². The second-order valence-electron chi connectivity index (χ2n) is 4.49. The average Bonchev–Trinajstić information content (AvgIpc) is 2.36. The number of nitrogens with zero attached hydrogens (tertiary/aromatic N) is 1. The molecule has 0 saturated heterocycles. The summed E-state index contributed by atoms with van der Waals surface area (Å²) < 4.78 is 13.8. The van der Waals surface area contributed by atoms with Crippen LogP contribution in [0.4, 0.5) is 4.39 Å². The molecule has 0 radical (unpaired) electrons. The van der Waals surface area contributed by atoms with Gasteiger partial charge in [-0.1, -0.05) is 30.0 Å². The molecule has 1 atom stereocenters. The van der Waals surface area contributed by atoms with Crippen LogP contribution in [0, 0.1) is 19.7 Å². The van der Waals surface area contributed by atoms with E-state index in [0.29, 0.717) is 12.1 Å². The van der Waals surface area contributed by atoms with Crippen molar-refractivity contribution in [2.45, 2.75) is 24.1 Å². The van der Waals surface area contributed by atoms with Gasteiger partial charge >= 0.3 is 0 Å². The number of hydrogen-bond acceptors (Lipinski definition) is 3. The number of pyridine rings is 1. The molecule has 2 rings (SSSR count). The third-order valence-corrected chi connectivity index (χ3v) is 3.98. The molecule has 0 spiro atoms. The zero-order valence-corrected chi connectivity index (χ0v) is 11.9. The first-order chi connectivity index (χ1) is 9.10. The van der Waals surface area contributed by atoms with Crippen LogP contribution in [0.25, 0.3) is 0 Å². The van der Waals surface area contributed by atoms with Crippen molar-refractivity contribution < 1.29 is 4.39 Å². The Labute approximate surface area is 117 Å². The fraction of sp³-hybridized carbons (Fsp3) is 0.267. The minimum atomic E-state index is -0.213. The number of nitrogens with two attached hydrogens (primary N) is 1. The Morgan fingerprint density at radius 3 is 2.63 bits per heavy atom. The van der Waals surface area contributed by atoms with Gasteiger partial charge < -0.3 is 5.73 Å². The van der Waals surface area contributed by atoms with E-state index >= 15 is 0 Å². The number of rotatable bonds is 4. The average molecular weight is 276 g/mol. The molecule has 2 N–H and O–H groups in total. The van der Waals surface area contributed by atoms with Crippen molar-refractivity contribution in [3.8, 4) is 0 Å². The van der Waals surface area contributed by atoms with Gasteiger partial charge in [0.15, 0.2) is 0 Å². The summed E-state index contributed by atoms with van der Waals surface area (Å²) in [6.45, 7) is 4.36. The number of thioether (sulfide) groups is 1. The highest BCUT2D eigenvalue weighted by molar-refractivity contribution is 7.99. The minimum absolute atomic E-state index is 0.116. The van der Waals surface area contributed by atoms with Gasteiger partial charge in [-0.2, -0.15) is 0 Å². The lowest BCUT2D eigenvalue weighted by molar-refractivity contribution is 0.608. The summed E-state index contributed by atoms with van der Waals surface area (Å²) in [4.78, 5) is 4.46. The van der Waals surface area contributed by atoms with Crippen LogP contribution in [0.5, 0.6) is 0 Å². The molecule has 0 amide bonds. The maximum absolute atomic E-state index is 13.8. The number of halogens is 1. The fourth-order valence-electron chi connectivity index (χ4n) is 1.99. The van der Waals surface area contributed by atoms with E-state index in [4.69, 9.17) is 5.73 Å². The summed E-state index contributed by atoms with van der Waals surface area (Å²) in [5, 5.41) is 0.770. The van der Waals surface area contributed by atoms with E-state index in [9.17, 15) is 4.39 Å². The number of aryl methyl sites for hydroxylation is 2. The van der Waals surface area contributed by atoms with Crippen LogP contribution in [0.3, 0.4) is 0 Å². The van der Waals surface area contributed by atoms with E-state index in [0.717, 1.165) is 16.3 Å². The summed E-state index contributed by atoms with van der Waals surface area (Å²) in [6, 6.07) is 10.8. The number of aromatic nitrogens is 1. The molecule has 1 aromatic carbocycles. The lowest BCUT2D eigenvalue weighted by Crippen LogP contribution is -2.11. The molecule has 19 heavy (non-hydrogen) atoms. The second-order valence-corrected chi connectivity index (χ2v) is 5.71. The highest BCUT2D eigenvalue weighted by atomic mass is 32.2. The van der Waals surface area contributed by atoms with Crippen LogP contribution in [-0.4, -0.2) is 11.5 Å². The van der Waals surface area contributed by atoms with Crippen molar-refractivity contribution in [1.82, 2.24) is 4.98 Å². The Kier molecular flexibility index (Phi) is 4.56. The van der Waals surface area contributed by atoms with Crippen molar-refractivity contribution >= 4 is 11.8 Å². The van der Waals surface area contributed by atoms with Crippen molar-refractivity contribution in [3.05, 3.63) is 59.0 Å². The first-order valence-electron chi connectivity index (χ1n) is 6.16. The highest BCUT2D eigenvalue weighted by Crippen LogP contribution is 2.34. The normalized spacial score (nSPS) is 12.4. The van der Waals surface area contributed by atoms with Crippen LogP contribution in [0.15, 0.2) is 41.4 Å². The molecule has 2 nitrogen and oxygen atoms in total. The third-order valence-electron chi connectivity index (χ3n) is 2.80. The first kappa shape index (κ1) is 14.0. The molecule has 0 aliphatic carbocycles. The molecular formula is C15H17FN2S. The molecule has 2 aromatic rings. The Bertz CT molecular complexity index is 552. The van der Waals surface area contributed by atoms with E-state index in [2.05, 4.69) is 4.98 Å². The first-order valence-corrected chi connectivity index (χ1v) is 7.04. The van der Waals surface area contributed by atoms with Crippen molar-refractivity contribution in [2.24, 2.45) is 5.73 Å². The monoisotopic (exact) mass is 276 g/mol. The molecule has 1 unspecified atom stereocenters. The van der Waals surface area contributed by atoms with Gasteiger partial charge in [0.2, 0.25) is 0 Å². The third kappa shape index (κ3) is 3.55. The maximum atomic E-state index is 13.8. The lowest BCUT2D eigenvalue weighted by Gasteiger charge is -2.15. The van der Waals surface area contributed by atoms with Gasteiger partial charge in [-0.3, -0.25) is 0 Å². The lowest BCUT2D eigenvalue weighted by atomic mass is 10.1. The predicted octanol–water partition coefficient (Wildman–Crippen LogP) is 3.63. The molecule has 100 valence electrons. The van der Waals surface area contributed by atoms with E-state index in [1.807, 2.05) is 32.0 Å². The van der Waals surface area contributed by atoms with Crippen molar-refractivity contribution in [1.29, 1.82) is 0 Å². The van der Waals surface area contributed by atoms with Crippen molar-refractivity contribution in [3.63, 3.8) is 0 Å². The SMILES string of the molecule is Cc1cc(C)nc(SC(CN)c2ccccc2F)c1. The summed E-state index contributed by atoms with van der Waals surface area (Å²) in [5.41, 5.74) is 8.53. The fourth-order valence-corrected chi connectivity index (χ4v) is 3.14. The van der Waals surface area contributed by atoms with Crippen LogP contribution in [0.2, 0.25) is 0 Å². The molecule has 0 fully saturated rings. The van der Waals surface area contributed by atoms with E-state index in [-0.39, 0.29) is 11.1 Å². The summed E-state index contributed by atoms with van der Waals surface area (Å²) >= 11 is 1.51. The Morgan fingerprint density at radius 2 is 2.00 bits per heavy atom. The molecule has 0 aliphatic heterocycles. The zero-order chi connectivity index (χ0) is 13.8. The summed E-state index contributed by atoms with van der Waals surface area (Å²) in [6.07, 6.45) is 0. The predicted molar refractivity (Wildman–Crippen MR) is 77.8 cm³/mol. The number of hydrogen-bond donors (Lipinski definition) is 1. The van der Waals surface area contributed by atoms with Crippen LogP contribution >= 0.6 is 11.8 Å². The zero-order valence-electron chi connectivity index (χ0n) is 11.1. The Balaban J connectivity index is 2.26. The van der Waals surface area contributed by atoms with Crippen LogP contribution in [-0.2, 0) is 0 Å². The highest BCUT2D eigenvalue weighted by Gasteiger charge is 2.16. The molecule has 0 saturated carbocycles. The standard InChI is InChI=1S/C15H17FN2S/c1-10-7-11(2)18-15(8-10)19-14(9-17)12-5-3-4-6-13(12)16/h3-8,14H,9,17H2,1-2H3. The minimum Gasteiger partial charge on any atom is -0.329 e. The smallest absolute Gasteiger partial charge is 0.127 e. The van der Waals surface area contributed by atoms with Gasteiger partial charge in [0.1, 0.15) is 5.82 Å². The molecule has 1 heterocycles. The van der Waals surface area contributed by atoms with Gasteiger partial charge in [0.05, 0.1) is 10.3 Å². The maximum Gasteiger partial charge on any atom is 0.127 e. The molecule has 4 heteroatoms. The van der Waals surface area contributed by atoms with Gasteiger partial charge in [0, 0.05) is 17.8 Å². The molecule has 1 aromatic heterocycles. The quantitative estimate of drug-likeness (QED) is 0.867. The van der Waals surface area contributed by atoms with Gasteiger partial charge in [-0.25, -0.2) is 9.37 Å². The molecule has 0 aliphatic rings. The van der Waals surface area contributed by atoms with Gasteiger partial charge in [-0.05, 0) is 37.6 Å². The van der Waals surface area contributed by atoms with Gasteiger partial charge in [-0.15, -0.1) is 0 Å². The van der Waals surface area contributed by atoms with Gasteiger partial charge in [0.25, 0.3) is 0 Å². The van der Waals surface area contributed by atoms with Crippen molar-refractivity contribution in [2.75, 3.05) is 6.54 Å². The largest absolute Gasteiger partial charge is 0.329 e. The summed E-state index contributed by atoms with van der Waals surface area (Å²) in [7, 11) is 0. The molecule has 0 bridgehead atoms. The molecular weight excluding hydrogens is 259 g/mol. The van der Waals surface area contributed by atoms with Crippen LogP contribution in [0.1, 0.15) is 22.1 Å². The van der Waals surface area contributed by atoms with E-state index in [1.54, 1.807) is 12.1 Å².